The summed E-state index contributed by atoms with van der Waals surface area (Å²) in [6.07, 6.45) is 1.65. The predicted octanol–water partition coefficient (Wildman–Crippen LogP) is 5.48. The van der Waals surface area contributed by atoms with Gasteiger partial charge >= 0.3 is 0 Å². The van der Waals surface area contributed by atoms with E-state index in [2.05, 4.69) is 37.9 Å². The van der Waals surface area contributed by atoms with Crippen LogP contribution in [0.5, 0.6) is 11.5 Å². The molecule has 0 saturated heterocycles. The first-order valence-electron chi connectivity index (χ1n) is 9.04. The fourth-order valence-corrected chi connectivity index (χ4v) is 3.71. The van der Waals surface area contributed by atoms with E-state index in [1.54, 1.807) is 37.4 Å². The van der Waals surface area contributed by atoms with Crippen molar-refractivity contribution in [1.82, 2.24) is 15.3 Å². The van der Waals surface area contributed by atoms with Gasteiger partial charge in [0.15, 0.2) is 0 Å². The lowest BCUT2D eigenvalue weighted by atomic mass is 10.1. The van der Waals surface area contributed by atoms with Gasteiger partial charge in [0, 0.05) is 29.9 Å². The van der Waals surface area contributed by atoms with E-state index in [9.17, 15) is 13.6 Å². The molecular weight excluding hydrogens is 503 g/mol. The zero-order valence-electron chi connectivity index (χ0n) is 15.8. The number of ether oxygens (including phenoxy) is 1. The van der Waals surface area contributed by atoms with Gasteiger partial charge < -0.3 is 15.0 Å². The zero-order valence-corrected chi connectivity index (χ0v) is 18.0. The van der Waals surface area contributed by atoms with Crippen molar-refractivity contribution in [1.29, 1.82) is 0 Å². The number of aromatic nitrogens is 2. The molecule has 0 saturated carbocycles. The van der Waals surface area contributed by atoms with Crippen molar-refractivity contribution in [2.75, 3.05) is 0 Å². The summed E-state index contributed by atoms with van der Waals surface area (Å²) >= 11 is 2.17. The topological polar surface area (TPSA) is 67.0 Å². The molecule has 0 unspecified atom stereocenters. The zero-order chi connectivity index (χ0) is 21.3. The van der Waals surface area contributed by atoms with Crippen LogP contribution in [0.3, 0.4) is 0 Å². The summed E-state index contributed by atoms with van der Waals surface area (Å²) in [5.74, 6) is -0.584. The lowest BCUT2D eigenvalue weighted by Crippen LogP contribution is -2.23. The molecule has 0 aliphatic carbocycles. The highest BCUT2D eigenvalue weighted by Crippen LogP contribution is 2.32. The molecule has 0 atom stereocenters. The van der Waals surface area contributed by atoms with Crippen LogP contribution in [-0.4, -0.2) is 15.9 Å². The van der Waals surface area contributed by atoms with Crippen LogP contribution in [0.25, 0.3) is 11.0 Å². The van der Waals surface area contributed by atoms with Crippen molar-refractivity contribution < 1.29 is 18.3 Å². The smallest absolute Gasteiger partial charge is 0.251 e. The van der Waals surface area contributed by atoms with Gasteiger partial charge in [-0.3, -0.25) is 4.79 Å². The van der Waals surface area contributed by atoms with Gasteiger partial charge in [-0.25, -0.2) is 13.8 Å². The van der Waals surface area contributed by atoms with Crippen molar-refractivity contribution in [2.45, 2.75) is 13.5 Å². The Morgan fingerprint density at radius 3 is 2.67 bits per heavy atom. The van der Waals surface area contributed by atoms with Crippen LogP contribution in [0.2, 0.25) is 0 Å². The van der Waals surface area contributed by atoms with Crippen molar-refractivity contribution in [3.05, 3.63) is 86.8 Å². The minimum absolute atomic E-state index is 0.00476. The maximum absolute atomic E-state index is 13.3. The number of hydrogen-bond acceptors (Lipinski definition) is 3. The molecule has 30 heavy (non-hydrogen) atoms. The summed E-state index contributed by atoms with van der Waals surface area (Å²) in [7, 11) is 0. The van der Waals surface area contributed by atoms with E-state index in [0.717, 1.165) is 15.2 Å². The number of rotatable bonds is 5. The highest BCUT2D eigenvalue weighted by atomic mass is 127. The van der Waals surface area contributed by atoms with Crippen molar-refractivity contribution in [3.63, 3.8) is 0 Å². The Morgan fingerprint density at radius 2 is 1.90 bits per heavy atom. The number of benzene rings is 2. The third-order valence-electron chi connectivity index (χ3n) is 4.58. The van der Waals surface area contributed by atoms with Crippen LogP contribution >= 0.6 is 22.6 Å². The van der Waals surface area contributed by atoms with Gasteiger partial charge in [-0.05, 0) is 71.5 Å². The van der Waals surface area contributed by atoms with E-state index in [-0.39, 0.29) is 12.5 Å². The number of fused-ring (bicyclic) bond motifs is 1. The number of aromatic amines is 1. The molecule has 8 heteroatoms. The second-order valence-electron chi connectivity index (χ2n) is 6.68. The van der Waals surface area contributed by atoms with Crippen molar-refractivity contribution >= 4 is 39.5 Å². The number of nitrogens with zero attached hydrogens (tertiary/aromatic N) is 1. The van der Waals surface area contributed by atoms with Crippen LogP contribution in [0.1, 0.15) is 21.5 Å². The first kappa shape index (κ1) is 20.3. The second-order valence-corrected chi connectivity index (χ2v) is 7.84. The SMILES string of the molecule is Cc1c(Oc2ccnc3[nH]c(I)cc23)cccc1C(=O)NCc1cc(F)cc(F)c1. The Kier molecular flexibility index (Phi) is 5.67. The Balaban J connectivity index is 1.55. The van der Waals surface area contributed by atoms with Gasteiger partial charge in [0.05, 0.1) is 9.09 Å². The van der Waals surface area contributed by atoms with E-state index in [4.69, 9.17) is 4.74 Å². The van der Waals surface area contributed by atoms with E-state index in [1.165, 1.54) is 12.1 Å². The van der Waals surface area contributed by atoms with Crippen LogP contribution in [-0.2, 0) is 6.54 Å². The molecule has 0 aliphatic rings. The summed E-state index contributed by atoms with van der Waals surface area (Å²) in [5, 5.41) is 3.53. The molecule has 5 nitrogen and oxygen atoms in total. The van der Waals surface area contributed by atoms with Crippen molar-refractivity contribution in [2.24, 2.45) is 0 Å². The molecule has 2 N–H and O–H groups in total. The minimum atomic E-state index is -0.686. The molecule has 4 rings (SSSR count). The van der Waals surface area contributed by atoms with Gasteiger partial charge in [0.1, 0.15) is 28.8 Å². The Bertz CT molecular complexity index is 1240. The quantitative estimate of drug-likeness (QED) is 0.344. The standard InChI is InChI=1S/C22H16F2IN3O2/c1-12-16(22(29)27-11-13-7-14(23)9-15(24)8-13)3-2-4-18(12)30-19-5-6-26-21-17(19)10-20(25)28-21/h2-10H,11H2,1H3,(H,26,28)(H,27,29). The predicted molar refractivity (Wildman–Crippen MR) is 118 cm³/mol. The number of H-pyrrole nitrogens is 1. The van der Waals surface area contributed by atoms with Crippen molar-refractivity contribution in [3.8, 4) is 11.5 Å². The Morgan fingerprint density at radius 1 is 1.13 bits per heavy atom. The molecule has 152 valence electrons. The number of nitrogens with one attached hydrogen (secondary N) is 2. The lowest BCUT2D eigenvalue weighted by Gasteiger charge is -2.13. The average molecular weight is 519 g/mol. The molecule has 0 bridgehead atoms. The third kappa shape index (κ3) is 4.28. The van der Waals surface area contributed by atoms with E-state index in [0.29, 0.717) is 33.8 Å². The summed E-state index contributed by atoms with van der Waals surface area (Å²) in [4.78, 5) is 20.1. The molecule has 2 aromatic heterocycles. The highest BCUT2D eigenvalue weighted by molar-refractivity contribution is 14.1. The third-order valence-corrected chi connectivity index (χ3v) is 5.16. The summed E-state index contributed by atoms with van der Waals surface area (Å²) < 4.78 is 33.7. The van der Waals surface area contributed by atoms with Gasteiger partial charge in [-0.1, -0.05) is 6.07 Å². The average Bonchev–Trinajstić information content (AvgIpc) is 3.08. The molecule has 4 aromatic rings. The number of carbonyl (C=O) groups is 1. The van der Waals surface area contributed by atoms with Crippen LogP contribution in [0.15, 0.2) is 54.7 Å². The molecule has 2 aromatic carbocycles. The van der Waals surface area contributed by atoms with E-state index in [1.807, 2.05) is 6.07 Å². The largest absolute Gasteiger partial charge is 0.456 e. The normalized spacial score (nSPS) is 10.9. The summed E-state index contributed by atoms with van der Waals surface area (Å²) in [6.45, 7) is 1.79. The number of halogens is 3. The van der Waals surface area contributed by atoms with E-state index >= 15 is 0 Å². The van der Waals surface area contributed by atoms with Gasteiger partial charge in [-0.2, -0.15) is 0 Å². The van der Waals surface area contributed by atoms with Crippen LogP contribution in [0, 0.1) is 22.3 Å². The van der Waals surface area contributed by atoms with Gasteiger partial charge in [0.25, 0.3) is 5.91 Å². The fraction of sp³-hybridized carbons (Fsp3) is 0.0909. The Hall–Kier alpha value is -3.01. The fourth-order valence-electron chi connectivity index (χ4n) is 3.14. The van der Waals surface area contributed by atoms with Crippen LogP contribution in [0.4, 0.5) is 8.78 Å². The molecule has 1 amide bonds. The summed E-state index contributed by atoms with van der Waals surface area (Å²) in [6, 6.07) is 12.0. The van der Waals surface area contributed by atoms with Crippen LogP contribution < -0.4 is 10.1 Å². The van der Waals surface area contributed by atoms with Gasteiger partial charge in [-0.15, -0.1) is 0 Å². The molecular formula is C22H16F2IN3O2. The maximum Gasteiger partial charge on any atom is 0.251 e. The monoisotopic (exact) mass is 519 g/mol. The molecule has 0 radical (unpaired) electrons. The number of amides is 1. The molecule has 0 aliphatic heterocycles. The maximum atomic E-state index is 13.3. The van der Waals surface area contributed by atoms with E-state index < -0.39 is 11.6 Å². The van der Waals surface area contributed by atoms with Gasteiger partial charge in [0.2, 0.25) is 0 Å². The Labute approximate surface area is 184 Å². The number of carbonyl (C=O) groups excluding carboxylic acids is 1. The second kappa shape index (κ2) is 8.39. The molecule has 0 spiro atoms. The highest BCUT2D eigenvalue weighted by Gasteiger charge is 2.15. The number of hydrogen-bond donors (Lipinski definition) is 2. The first-order valence-corrected chi connectivity index (χ1v) is 10.1. The minimum Gasteiger partial charge on any atom is -0.456 e. The first-order chi connectivity index (χ1) is 14.4. The molecule has 2 heterocycles. The molecule has 0 fully saturated rings. The number of pyridine rings is 1. The lowest BCUT2D eigenvalue weighted by molar-refractivity contribution is 0.0950. The summed E-state index contributed by atoms with van der Waals surface area (Å²) in [5.41, 5.74) is 2.12.